The van der Waals surface area contributed by atoms with Gasteiger partial charge in [-0.15, -0.1) is 11.3 Å². The lowest BCUT2D eigenvalue weighted by atomic mass is 9.96. The molecular weight excluding hydrogens is 377 g/mol. The number of carbonyl (C=O) groups is 2. The number of hydrogen-bond donors (Lipinski definition) is 1. The Kier molecular flexibility index (Phi) is 6.80. The summed E-state index contributed by atoms with van der Waals surface area (Å²) in [5, 5.41) is 4.89. The van der Waals surface area contributed by atoms with Gasteiger partial charge in [0, 0.05) is 19.6 Å². The number of halogens is 1. The second-order valence-electron chi connectivity index (χ2n) is 7.35. The van der Waals surface area contributed by atoms with Gasteiger partial charge in [0.1, 0.15) is 5.82 Å². The zero-order chi connectivity index (χ0) is 20.1. The van der Waals surface area contributed by atoms with Crippen molar-refractivity contribution >= 4 is 23.2 Å². The molecule has 0 radical (unpaired) electrons. The zero-order valence-corrected chi connectivity index (χ0v) is 17.0. The molecule has 2 aromatic rings. The van der Waals surface area contributed by atoms with Crippen molar-refractivity contribution in [3.05, 3.63) is 58.0 Å². The summed E-state index contributed by atoms with van der Waals surface area (Å²) in [4.78, 5) is 29.7. The van der Waals surface area contributed by atoms with E-state index >= 15 is 0 Å². The summed E-state index contributed by atoms with van der Waals surface area (Å²) in [6.07, 6.45) is 1.59. The molecule has 2 heterocycles. The van der Waals surface area contributed by atoms with Gasteiger partial charge in [-0.3, -0.25) is 9.59 Å². The van der Waals surface area contributed by atoms with Crippen molar-refractivity contribution in [3.8, 4) is 0 Å². The first-order valence-electron chi connectivity index (χ1n) is 9.48. The molecule has 1 aromatic heterocycles. The number of piperidine rings is 1. The second kappa shape index (κ2) is 9.30. The fourth-order valence-electron chi connectivity index (χ4n) is 3.59. The first-order chi connectivity index (χ1) is 13.5. The molecule has 0 spiro atoms. The van der Waals surface area contributed by atoms with Gasteiger partial charge in [-0.25, -0.2) is 4.39 Å². The lowest BCUT2D eigenvalue weighted by Gasteiger charge is -2.32. The molecule has 1 aromatic carbocycles. The average Bonchev–Trinajstić information content (AvgIpc) is 3.22. The van der Waals surface area contributed by atoms with Crippen LogP contribution in [0.5, 0.6) is 0 Å². The van der Waals surface area contributed by atoms with Crippen LogP contribution in [-0.4, -0.2) is 55.3 Å². The molecule has 28 heavy (non-hydrogen) atoms. The topological polar surface area (TPSA) is 52.7 Å². The van der Waals surface area contributed by atoms with E-state index in [0.29, 0.717) is 24.5 Å². The lowest BCUT2D eigenvalue weighted by molar-refractivity contribution is -0.126. The second-order valence-corrected chi connectivity index (χ2v) is 8.29. The van der Waals surface area contributed by atoms with Gasteiger partial charge in [0.25, 0.3) is 5.91 Å². The molecule has 1 aliphatic heterocycles. The van der Waals surface area contributed by atoms with Crippen LogP contribution in [0.4, 0.5) is 4.39 Å². The molecule has 0 aliphatic carbocycles. The van der Waals surface area contributed by atoms with E-state index in [1.54, 1.807) is 11.0 Å². The number of likely N-dealkylation sites (N-methyl/N-ethyl adjacent to an activating group) is 1. The van der Waals surface area contributed by atoms with E-state index < -0.39 is 0 Å². The highest BCUT2D eigenvalue weighted by atomic mass is 32.1. The number of nitrogens with zero attached hydrogens (tertiary/aromatic N) is 2. The van der Waals surface area contributed by atoms with Crippen LogP contribution in [0.2, 0.25) is 0 Å². The number of nitrogens with one attached hydrogen (secondary N) is 1. The van der Waals surface area contributed by atoms with E-state index in [9.17, 15) is 14.0 Å². The van der Waals surface area contributed by atoms with Crippen molar-refractivity contribution < 1.29 is 14.0 Å². The van der Waals surface area contributed by atoms with Gasteiger partial charge < -0.3 is 15.1 Å². The quantitative estimate of drug-likeness (QED) is 0.806. The van der Waals surface area contributed by atoms with Crippen molar-refractivity contribution in [1.29, 1.82) is 0 Å². The molecular formula is C21H26FN3O2S. The first kappa shape index (κ1) is 20.5. The summed E-state index contributed by atoms with van der Waals surface area (Å²) in [5.74, 6) is -0.552. The summed E-state index contributed by atoms with van der Waals surface area (Å²) in [6, 6.07) is 10.0. The molecule has 2 atom stereocenters. The molecule has 150 valence electrons. The van der Waals surface area contributed by atoms with Gasteiger partial charge in [-0.05, 0) is 56.1 Å². The van der Waals surface area contributed by atoms with Gasteiger partial charge in [0.2, 0.25) is 5.91 Å². The minimum Gasteiger partial charge on any atom is -0.354 e. The number of amides is 2. The predicted molar refractivity (Wildman–Crippen MR) is 109 cm³/mol. The molecule has 1 saturated heterocycles. The SMILES string of the molecule is CN(C)C(CNC(=O)C1CCCN(C(=O)c2cccs2)C1)c1cccc(F)c1. The van der Waals surface area contributed by atoms with Gasteiger partial charge in [0.15, 0.2) is 0 Å². The van der Waals surface area contributed by atoms with Crippen LogP contribution in [0.3, 0.4) is 0 Å². The molecule has 1 aliphatic rings. The fourth-order valence-corrected chi connectivity index (χ4v) is 4.28. The number of rotatable bonds is 6. The maximum Gasteiger partial charge on any atom is 0.263 e. The average molecular weight is 404 g/mol. The summed E-state index contributed by atoms with van der Waals surface area (Å²) in [5.41, 5.74) is 0.823. The van der Waals surface area contributed by atoms with E-state index in [-0.39, 0.29) is 29.6 Å². The maximum atomic E-state index is 13.6. The largest absolute Gasteiger partial charge is 0.354 e. The van der Waals surface area contributed by atoms with Crippen molar-refractivity contribution in [2.24, 2.45) is 5.92 Å². The third kappa shape index (κ3) is 4.97. The summed E-state index contributed by atoms with van der Waals surface area (Å²) in [6.45, 7) is 1.52. The minimum absolute atomic E-state index is 0.00145. The van der Waals surface area contributed by atoms with Crippen LogP contribution < -0.4 is 5.32 Å². The Bertz CT molecular complexity index is 810. The number of likely N-dealkylation sites (tertiary alicyclic amines) is 1. The van der Waals surface area contributed by atoms with Gasteiger partial charge in [-0.1, -0.05) is 18.2 Å². The van der Waals surface area contributed by atoms with Crippen LogP contribution in [0.1, 0.15) is 34.1 Å². The van der Waals surface area contributed by atoms with Crippen LogP contribution in [0, 0.1) is 11.7 Å². The van der Waals surface area contributed by atoms with Crippen LogP contribution in [0.25, 0.3) is 0 Å². The highest BCUT2D eigenvalue weighted by Gasteiger charge is 2.29. The Morgan fingerprint density at radius 3 is 2.82 bits per heavy atom. The standard InChI is InChI=1S/C21H26FN3O2S/c1-24(2)18(15-6-3-8-17(22)12-15)13-23-20(26)16-7-4-10-25(14-16)21(27)19-9-5-11-28-19/h3,5-6,8-9,11-12,16,18H,4,7,10,13-14H2,1-2H3,(H,23,26). The van der Waals surface area contributed by atoms with Crippen LogP contribution in [-0.2, 0) is 4.79 Å². The Balaban J connectivity index is 1.59. The third-order valence-corrected chi connectivity index (χ3v) is 6.00. The smallest absolute Gasteiger partial charge is 0.263 e. The molecule has 2 unspecified atom stereocenters. The van der Waals surface area contributed by atoms with Gasteiger partial charge >= 0.3 is 0 Å². The number of benzene rings is 1. The lowest BCUT2D eigenvalue weighted by Crippen LogP contribution is -2.46. The molecule has 1 N–H and O–H groups in total. The van der Waals surface area contributed by atoms with Crippen molar-refractivity contribution in [3.63, 3.8) is 0 Å². The molecule has 3 rings (SSSR count). The molecule has 2 amide bonds. The predicted octanol–water partition coefficient (Wildman–Crippen LogP) is 3.16. The van der Waals surface area contributed by atoms with Gasteiger partial charge in [0.05, 0.1) is 16.8 Å². The normalized spacial score (nSPS) is 18.1. The van der Waals surface area contributed by atoms with E-state index in [1.165, 1.54) is 23.5 Å². The highest BCUT2D eigenvalue weighted by molar-refractivity contribution is 7.12. The number of hydrogen-bond acceptors (Lipinski definition) is 4. The van der Waals surface area contributed by atoms with E-state index in [0.717, 1.165) is 18.4 Å². The summed E-state index contributed by atoms with van der Waals surface area (Å²) >= 11 is 1.42. The first-order valence-corrected chi connectivity index (χ1v) is 10.4. The monoisotopic (exact) mass is 403 g/mol. The summed E-state index contributed by atoms with van der Waals surface area (Å²) < 4.78 is 13.6. The van der Waals surface area contributed by atoms with E-state index in [4.69, 9.17) is 0 Å². The Morgan fingerprint density at radius 1 is 1.32 bits per heavy atom. The Hall–Kier alpha value is -2.25. The Morgan fingerprint density at radius 2 is 2.14 bits per heavy atom. The summed E-state index contributed by atoms with van der Waals surface area (Å²) in [7, 11) is 3.81. The third-order valence-electron chi connectivity index (χ3n) is 5.14. The molecule has 5 nitrogen and oxygen atoms in total. The van der Waals surface area contributed by atoms with Crippen molar-refractivity contribution in [1.82, 2.24) is 15.1 Å². The van der Waals surface area contributed by atoms with Crippen LogP contribution in [0.15, 0.2) is 41.8 Å². The highest BCUT2D eigenvalue weighted by Crippen LogP contribution is 2.22. The molecule has 7 heteroatoms. The zero-order valence-electron chi connectivity index (χ0n) is 16.2. The van der Waals surface area contributed by atoms with Crippen molar-refractivity contribution in [2.45, 2.75) is 18.9 Å². The van der Waals surface area contributed by atoms with Crippen LogP contribution >= 0.6 is 11.3 Å². The number of carbonyl (C=O) groups excluding carboxylic acids is 2. The molecule has 1 fully saturated rings. The van der Waals surface area contributed by atoms with E-state index in [2.05, 4.69) is 5.32 Å². The van der Waals surface area contributed by atoms with E-state index in [1.807, 2.05) is 42.6 Å². The fraction of sp³-hybridized carbons (Fsp3) is 0.429. The van der Waals surface area contributed by atoms with Crippen molar-refractivity contribution in [2.75, 3.05) is 33.7 Å². The minimum atomic E-state index is -0.286. The number of thiophene rings is 1. The Labute approximate surface area is 169 Å². The molecule has 0 bridgehead atoms. The maximum absolute atomic E-state index is 13.6. The van der Waals surface area contributed by atoms with Gasteiger partial charge in [-0.2, -0.15) is 0 Å². The molecule has 0 saturated carbocycles.